The van der Waals surface area contributed by atoms with Gasteiger partial charge in [0.25, 0.3) is 0 Å². The van der Waals surface area contributed by atoms with E-state index in [4.69, 9.17) is 0 Å². The second-order valence-electron chi connectivity index (χ2n) is 6.94. The quantitative estimate of drug-likeness (QED) is 0.876. The summed E-state index contributed by atoms with van der Waals surface area (Å²) >= 11 is 0. The van der Waals surface area contributed by atoms with Gasteiger partial charge >= 0.3 is 0 Å². The van der Waals surface area contributed by atoms with E-state index in [1.54, 1.807) is 11.0 Å². The predicted octanol–water partition coefficient (Wildman–Crippen LogP) is 1.62. The number of aryl methyl sites for hydroxylation is 1. The lowest BCUT2D eigenvalue weighted by Crippen LogP contribution is -2.53. The van der Waals surface area contributed by atoms with E-state index >= 15 is 0 Å². The summed E-state index contributed by atoms with van der Waals surface area (Å²) in [6, 6.07) is 8.62. The van der Waals surface area contributed by atoms with Crippen molar-refractivity contribution in [3.8, 4) is 0 Å². The van der Waals surface area contributed by atoms with Crippen LogP contribution >= 0.6 is 0 Å². The van der Waals surface area contributed by atoms with Crippen LogP contribution in [0.4, 0.5) is 0 Å². The first kappa shape index (κ1) is 16.6. The molecule has 1 aliphatic heterocycles. The van der Waals surface area contributed by atoms with Crippen LogP contribution in [0, 0.1) is 0 Å². The van der Waals surface area contributed by atoms with Gasteiger partial charge in [0.2, 0.25) is 5.91 Å². The van der Waals surface area contributed by atoms with Gasteiger partial charge in [-0.15, -0.1) is 0 Å². The molecule has 2 heterocycles. The molecule has 0 aliphatic carbocycles. The van der Waals surface area contributed by atoms with Crippen molar-refractivity contribution in [2.75, 3.05) is 13.1 Å². The Labute approximate surface area is 142 Å². The number of hydrogen-bond acceptors (Lipinski definition) is 4. The van der Waals surface area contributed by atoms with E-state index in [-0.39, 0.29) is 11.4 Å². The lowest BCUT2D eigenvalue weighted by molar-refractivity contribution is -0.122. The molecule has 0 unspecified atom stereocenters. The molecule has 6 heteroatoms. The van der Waals surface area contributed by atoms with Crippen LogP contribution in [-0.2, 0) is 24.3 Å². The highest BCUT2D eigenvalue weighted by Crippen LogP contribution is 2.24. The highest BCUT2D eigenvalue weighted by molar-refractivity contribution is 5.75. The Morgan fingerprint density at radius 2 is 2.08 bits per heavy atom. The lowest BCUT2D eigenvalue weighted by Gasteiger charge is -2.41. The van der Waals surface area contributed by atoms with Gasteiger partial charge in [0.1, 0.15) is 12.7 Å². The van der Waals surface area contributed by atoms with Crippen molar-refractivity contribution in [3.63, 3.8) is 0 Å². The van der Waals surface area contributed by atoms with E-state index in [0.29, 0.717) is 19.5 Å². The first-order valence-electron chi connectivity index (χ1n) is 8.45. The summed E-state index contributed by atoms with van der Waals surface area (Å²) in [7, 11) is 0. The summed E-state index contributed by atoms with van der Waals surface area (Å²) in [5.74, 6) is 0.0518. The SMILES string of the molecule is CC(C)(CNC(=O)CCn1cncn1)N1CCc2ccccc2C1. The lowest BCUT2D eigenvalue weighted by atomic mass is 9.94. The second-order valence-corrected chi connectivity index (χ2v) is 6.94. The number of fused-ring (bicyclic) bond motifs is 1. The molecule has 1 amide bonds. The minimum Gasteiger partial charge on any atom is -0.354 e. The molecule has 1 aromatic carbocycles. The number of nitrogens with zero attached hydrogens (tertiary/aromatic N) is 4. The molecule has 1 N–H and O–H groups in total. The zero-order chi connectivity index (χ0) is 17.0. The van der Waals surface area contributed by atoms with Gasteiger partial charge in [0, 0.05) is 31.6 Å². The highest BCUT2D eigenvalue weighted by Gasteiger charge is 2.29. The van der Waals surface area contributed by atoms with Gasteiger partial charge in [-0.3, -0.25) is 14.4 Å². The molecule has 0 saturated carbocycles. The van der Waals surface area contributed by atoms with Gasteiger partial charge in [0.15, 0.2) is 0 Å². The van der Waals surface area contributed by atoms with E-state index in [1.165, 1.54) is 17.5 Å². The maximum atomic E-state index is 12.1. The Morgan fingerprint density at radius 1 is 1.29 bits per heavy atom. The summed E-state index contributed by atoms with van der Waals surface area (Å²) in [6.45, 7) is 7.56. The van der Waals surface area contributed by atoms with Gasteiger partial charge in [0.05, 0.1) is 6.54 Å². The van der Waals surface area contributed by atoms with E-state index in [2.05, 4.69) is 58.4 Å². The molecule has 1 aromatic heterocycles. The molecule has 0 fully saturated rings. The number of aromatic nitrogens is 3. The fraction of sp³-hybridized carbons (Fsp3) is 0.500. The minimum atomic E-state index is -0.0730. The Kier molecular flexibility index (Phi) is 4.94. The van der Waals surface area contributed by atoms with Crippen molar-refractivity contribution < 1.29 is 4.79 Å². The normalized spacial score (nSPS) is 15.1. The maximum absolute atomic E-state index is 12.1. The molecule has 128 valence electrons. The summed E-state index contributed by atoms with van der Waals surface area (Å²) < 4.78 is 1.67. The summed E-state index contributed by atoms with van der Waals surface area (Å²) in [6.07, 6.45) is 4.60. The van der Waals surface area contributed by atoms with Crippen molar-refractivity contribution in [1.82, 2.24) is 25.0 Å². The number of amides is 1. The number of rotatable bonds is 6. The van der Waals surface area contributed by atoms with Crippen LogP contribution in [0.5, 0.6) is 0 Å². The van der Waals surface area contributed by atoms with Crippen LogP contribution in [0.1, 0.15) is 31.4 Å². The third kappa shape index (κ3) is 4.00. The molecule has 24 heavy (non-hydrogen) atoms. The predicted molar refractivity (Wildman–Crippen MR) is 92.3 cm³/mol. The zero-order valence-corrected chi connectivity index (χ0v) is 14.4. The van der Waals surface area contributed by atoms with Gasteiger partial charge in [-0.05, 0) is 31.4 Å². The number of nitrogens with one attached hydrogen (secondary N) is 1. The molecule has 3 rings (SSSR count). The third-order valence-corrected chi connectivity index (χ3v) is 4.74. The molecule has 0 radical (unpaired) electrons. The van der Waals surface area contributed by atoms with Crippen molar-refractivity contribution in [3.05, 3.63) is 48.0 Å². The fourth-order valence-corrected chi connectivity index (χ4v) is 3.09. The number of hydrogen-bond donors (Lipinski definition) is 1. The Balaban J connectivity index is 1.50. The number of benzene rings is 1. The molecule has 0 spiro atoms. The fourth-order valence-electron chi connectivity index (χ4n) is 3.09. The van der Waals surface area contributed by atoms with Gasteiger partial charge < -0.3 is 5.32 Å². The van der Waals surface area contributed by atoms with E-state index in [0.717, 1.165) is 19.5 Å². The van der Waals surface area contributed by atoms with Gasteiger partial charge in [-0.25, -0.2) is 4.98 Å². The Morgan fingerprint density at radius 3 is 2.83 bits per heavy atom. The molecule has 6 nitrogen and oxygen atoms in total. The van der Waals surface area contributed by atoms with Crippen LogP contribution in [0.15, 0.2) is 36.9 Å². The Bertz CT molecular complexity index is 680. The first-order chi connectivity index (χ1) is 11.5. The monoisotopic (exact) mass is 327 g/mol. The summed E-state index contributed by atoms with van der Waals surface area (Å²) in [4.78, 5) is 18.4. The molecule has 1 aliphatic rings. The molecule has 0 saturated heterocycles. The topological polar surface area (TPSA) is 63.1 Å². The highest BCUT2D eigenvalue weighted by atomic mass is 16.1. The Hall–Kier alpha value is -2.21. The smallest absolute Gasteiger partial charge is 0.221 e. The summed E-state index contributed by atoms with van der Waals surface area (Å²) in [5, 5.41) is 7.07. The first-order valence-corrected chi connectivity index (χ1v) is 8.45. The van der Waals surface area contributed by atoms with E-state index in [1.807, 2.05) is 0 Å². The third-order valence-electron chi connectivity index (χ3n) is 4.74. The van der Waals surface area contributed by atoms with Crippen LogP contribution in [0.2, 0.25) is 0 Å². The number of carbonyl (C=O) groups is 1. The number of carbonyl (C=O) groups excluding carboxylic acids is 1. The largest absolute Gasteiger partial charge is 0.354 e. The second kappa shape index (κ2) is 7.13. The standard InChI is InChI=1S/C18H25N5O/c1-18(2,12-20-17(24)8-10-23-14-19-13-21-23)22-9-7-15-5-3-4-6-16(15)11-22/h3-6,13-14H,7-12H2,1-2H3,(H,20,24). The zero-order valence-electron chi connectivity index (χ0n) is 14.4. The minimum absolute atomic E-state index is 0.0518. The molecular weight excluding hydrogens is 302 g/mol. The average Bonchev–Trinajstić information content (AvgIpc) is 3.11. The molecule has 0 bridgehead atoms. The molecule has 0 atom stereocenters. The molecule has 2 aromatic rings. The van der Waals surface area contributed by atoms with Crippen molar-refractivity contribution in [2.45, 2.75) is 45.3 Å². The van der Waals surface area contributed by atoms with Crippen LogP contribution < -0.4 is 5.32 Å². The molecular formula is C18H25N5O. The average molecular weight is 327 g/mol. The van der Waals surface area contributed by atoms with Gasteiger partial charge in [-0.2, -0.15) is 5.10 Å². The van der Waals surface area contributed by atoms with Crippen LogP contribution in [-0.4, -0.2) is 44.2 Å². The van der Waals surface area contributed by atoms with Crippen molar-refractivity contribution in [1.29, 1.82) is 0 Å². The maximum Gasteiger partial charge on any atom is 0.221 e. The van der Waals surface area contributed by atoms with Gasteiger partial charge in [-0.1, -0.05) is 24.3 Å². The van der Waals surface area contributed by atoms with Crippen LogP contribution in [0.3, 0.4) is 0 Å². The van der Waals surface area contributed by atoms with E-state index < -0.39 is 0 Å². The van der Waals surface area contributed by atoms with E-state index in [9.17, 15) is 4.79 Å². The van der Waals surface area contributed by atoms with Crippen LogP contribution in [0.25, 0.3) is 0 Å². The van der Waals surface area contributed by atoms with Crippen molar-refractivity contribution >= 4 is 5.91 Å². The summed E-state index contributed by atoms with van der Waals surface area (Å²) in [5.41, 5.74) is 2.77. The van der Waals surface area contributed by atoms with Crippen molar-refractivity contribution in [2.24, 2.45) is 0 Å².